The molecule has 1 aromatic heterocycles. The van der Waals surface area contributed by atoms with Gasteiger partial charge in [-0.25, -0.2) is 0 Å². The Balaban J connectivity index is 2.00. The van der Waals surface area contributed by atoms with Gasteiger partial charge in [-0.3, -0.25) is 4.79 Å². The van der Waals surface area contributed by atoms with Crippen molar-refractivity contribution >= 4 is 21.9 Å². The topological polar surface area (TPSA) is 130 Å². The minimum Gasteiger partial charge on any atom is -0.507 e. The summed E-state index contributed by atoms with van der Waals surface area (Å²) in [5.74, 6) is 0.253. The van der Waals surface area contributed by atoms with Gasteiger partial charge in [-0.15, -0.1) is 0 Å². The van der Waals surface area contributed by atoms with Crippen LogP contribution in [0.1, 0.15) is 5.56 Å². The molecule has 3 aromatic rings. The number of aliphatic hydroxyl groups excluding tert-OH is 2. The van der Waals surface area contributed by atoms with E-state index in [2.05, 4.69) is 0 Å². The van der Waals surface area contributed by atoms with E-state index in [1.165, 1.54) is 13.2 Å². The molecule has 0 saturated heterocycles. The highest BCUT2D eigenvalue weighted by molar-refractivity contribution is 5.97. The van der Waals surface area contributed by atoms with Crippen LogP contribution in [0.25, 0.3) is 21.9 Å². The van der Waals surface area contributed by atoms with Crippen LogP contribution in [0.2, 0.25) is 0 Å². The minimum atomic E-state index is -1.88. The van der Waals surface area contributed by atoms with Crippen molar-refractivity contribution in [1.29, 1.82) is 0 Å². The second-order valence-corrected chi connectivity index (χ2v) is 6.58. The predicted octanol–water partition coefficient (Wildman–Crippen LogP) is 0.680. The van der Waals surface area contributed by atoms with E-state index in [9.17, 15) is 25.2 Å². The first-order chi connectivity index (χ1) is 12.9. The summed E-state index contributed by atoms with van der Waals surface area (Å²) in [5, 5.41) is 39.8. The highest BCUT2D eigenvalue weighted by atomic mass is 16.5. The number of phenolic OH excluding ortho intramolecular Hbond substituents is 1. The molecule has 4 rings (SSSR count). The summed E-state index contributed by atoms with van der Waals surface area (Å²) in [6, 6.07) is 6.15. The molecule has 0 bridgehead atoms. The van der Waals surface area contributed by atoms with Gasteiger partial charge in [-0.05, 0) is 12.1 Å². The first-order valence-electron chi connectivity index (χ1n) is 8.32. The average Bonchev–Trinajstić information content (AvgIpc) is 3.11. The van der Waals surface area contributed by atoms with Crippen LogP contribution < -0.4 is 14.9 Å². The number of fused-ring (bicyclic) bond motifs is 4. The lowest BCUT2D eigenvalue weighted by atomic mass is 9.94. The van der Waals surface area contributed by atoms with Gasteiger partial charge in [0.15, 0.2) is 11.3 Å². The third-order valence-electron chi connectivity index (χ3n) is 5.00. The predicted molar refractivity (Wildman–Crippen MR) is 95.4 cm³/mol. The number of methoxy groups -OCH3 is 1. The molecule has 8 heteroatoms. The number of aromatic hydroxyl groups is 1. The number of ether oxygens (including phenoxy) is 2. The van der Waals surface area contributed by atoms with Gasteiger partial charge in [0.1, 0.15) is 34.2 Å². The first kappa shape index (κ1) is 17.6. The zero-order chi connectivity index (χ0) is 19.3. The van der Waals surface area contributed by atoms with E-state index in [0.29, 0.717) is 11.3 Å². The maximum atomic E-state index is 12.9. The quantitative estimate of drug-likeness (QED) is 0.491. The van der Waals surface area contributed by atoms with Gasteiger partial charge in [0, 0.05) is 18.1 Å². The minimum absolute atomic E-state index is 0.00436. The maximum Gasteiger partial charge on any atom is 0.204 e. The molecule has 2 heterocycles. The highest BCUT2D eigenvalue weighted by Crippen LogP contribution is 2.42. The second-order valence-electron chi connectivity index (χ2n) is 6.58. The normalized spacial score (nSPS) is 16.5. The Kier molecular flexibility index (Phi) is 3.99. The lowest BCUT2D eigenvalue weighted by Gasteiger charge is -2.29. The van der Waals surface area contributed by atoms with Crippen LogP contribution in [0.5, 0.6) is 17.2 Å². The van der Waals surface area contributed by atoms with E-state index in [4.69, 9.17) is 13.9 Å². The fraction of sp³-hybridized carbons (Fsp3) is 0.316. The van der Waals surface area contributed by atoms with Crippen LogP contribution in [0.4, 0.5) is 0 Å². The van der Waals surface area contributed by atoms with E-state index in [1.807, 2.05) is 0 Å². The molecular formula is C19H18O8. The number of rotatable bonds is 4. The van der Waals surface area contributed by atoms with Crippen molar-refractivity contribution < 1.29 is 34.3 Å². The number of aliphatic hydroxyl groups is 3. The van der Waals surface area contributed by atoms with Crippen LogP contribution in [-0.4, -0.2) is 52.5 Å². The molecule has 0 amide bonds. The molecular weight excluding hydrogens is 356 g/mol. The molecule has 0 aliphatic carbocycles. The zero-order valence-electron chi connectivity index (χ0n) is 14.4. The van der Waals surface area contributed by atoms with Crippen molar-refractivity contribution in [2.45, 2.75) is 18.1 Å². The highest BCUT2D eigenvalue weighted by Gasteiger charge is 2.43. The number of hydrogen-bond donors (Lipinski definition) is 4. The van der Waals surface area contributed by atoms with E-state index in [-0.39, 0.29) is 39.9 Å². The van der Waals surface area contributed by atoms with Crippen molar-refractivity contribution in [1.82, 2.24) is 0 Å². The summed E-state index contributed by atoms with van der Waals surface area (Å²) < 4.78 is 16.8. The molecule has 0 unspecified atom stereocenters. The first-order valence-corrected chi connectivity index (χ1v) is 8.32. The molecule has 2 aromatic carbocycles. The van der Waals surface area contributed by atoms with E-state index < -0.39 is 30.3 Å². The Morgan fingerprint density at radius 1 is 1.26 bits per heavy atom. The van der Waals surface area contributed by atoms with Crippen molar-refractivity contribution in [2.24, 2.45) is 0 Å². The van der Waals surface area contributed by atoms with Crippen molar-refractivity contribution in [3.8, 4) is 17.2 Å². The summed E-state index contributed by atoms with van der Waals surface area (Å²) >= 11 is 0. The standard InChI is InChI=1S/C19H18O8/c1-25-12-4-2-3-9-16(23)15-11(22)6-13-10(18(15)27-17(9)12)5-14(26-13)19(24,7-20)8-21/h2-4,6,14,20-22,24H,5,7-8H2,1H3/t14-/m1/s1. The summed E-state index contributed by atoms with van der Waals surface area (Å²) in [6.07, 6.45) is -0.890. The van der Waals surface area contributed by atoms with Gasteiger partial charge in [0.2, 0.25) is 5.43 Å². The molecule has 1 atom stereocenters. The lowest BCUT2D eigenvalue weighted by Crippen LogP contribution is -2.51. The Hall–Kier alpha value is -2.81. The van der Waals surface area contributed by atoms with E-state index in [1.54, 1.807) is 18.2 Å². The van der Waals surface area contributed by atoms with Crippen LogP contribution in [0.15, 0.2) is 33.5 Å². The van der Waals surface area contributed by atoms with Crippen LogP contribution in [-0.2, 0) is 6.42 Å². The second kappa shape index (κ2) is 6.12. The average molecular weight is 374 g/mol. The maximum absolute atomic E-state index is 12.9. The molecule has 1 aliphatic rings. The summed E-state index contributed by atoms with van der Waals surface area (Å²) in [6.45, 7) is -1.43. The summed E-state index contributed by atoms with van der Waals surface area (Å²) in [4.78, 5) is 12.9. The molecule has 0 spiro atoms. The van der Waals surface area contributed by atoms with Crippen LogP contribution >= 0.6 is 0 Å². The third-order valence-corrected chi connectivity index (χ3v) is 5.00. The van der Waals surface area contributed by atoms with Gasteiger partial charge in [0.25, 0.3) is 0 Å². The van der Waals surface area contributed by atoms with Crippen molar-refractivity contribution in [3.05, 3.63) is 40.1 Å². The van der Waals surface area contributed by atoms with E-state index >= 15 is 0 Å². The largest absolute Gasteiger partial charge is 0.507 e. The Bertz CT molecular complexity index is 1100. The van der Waals surface area contributed by atoms with Crippen molar-refractivity contribution in [2.75, 3.05) is 20.3 Å². The molecule has 8 nitrogen and oxygen atoms in total. The fourth-order valence-corrected chi connectivity index (χ4v) is 3.42. The SMILES string of the molecule is COc1cccc2c(=O)c3c(O)cc4c(c3oc12)C[C@H](C(O)(CO)CO)O4. The van der Waals surface area contributed by atoms with Gasteiger partial charge in [0.05, 0.1) is 25.7 Å². The van der Waals surface area contributed by atoms with Gasteiger partial charge in [-0.2, -0.15) is 0 Å². The lowest BCUT2D eigenvalue weighted by molar-refractivity contribution is -0.115. The van der Waals surface area contributed by atoms with Gasteiger partial charge < -0.3 is 34.3 Å². The Morgan fingerprint density at radius 3 is 2.67 bits per heavy atom. The number of benzene rings is 2. The third kappa shape index (κ3) is 2.45. The fourth-order valence-electron chi connectivity index (χ4n) is 3.42. The van der Waals surface area contributed by atoms with Crippen LogP contribution in [0.3, 0.4) is 0 Å². The molecule has 1 aliphatic heterocycles. The number of phenols is 1. The molecule has 27 heavy (non-hydrogen) atoms. The smallest absolute Gasteiger partial charge is 0.204 e. The van der Waals surface area contributed by atoms with E-state index in [0.717, 1.165) is 0 Å². The summed E-state index contributed by atoms with van der Waals surface area (Å²) in [7, 11) is 1.45. The molecule has 0 fully saturated rings. The van der Waals surface area contributed by atoms with Gasteiger partial charge in [-0.1, -0.05) is 6.07 Å². The zero-order valence-corrected chi connectivity index (χ0v) is 14.4. The van der Waals surface area contributed by atoms with Crippen molar-refractivity contribution in [3.63, 3.8) is 0 Å². The Morgan fingerprint density at radius 2 is 2.00 bits per heavy atom. The molecule has 0 saturated carbocycles. The molecule has 4 N–H and O–H groups in total. The molecule has 142 valence electrons. The monoisotopic (exact) mass is 374 g/mol. The Labute approximate surface area is 152 Å². The summed E-state index contributed by atoms with van der Waals surface area (Å²) in [5.41, 5.74) is -1.50. The van der Waals surface area contributed by atoms with Crippen LogP contribution in [0, 0.1) is 0 Å². The number of para-hydroxylation sites is 1. The number of hydrogen-bond acceptors (Lipinski definition) is 8. The molecule has 0 radical (unpaired) electrons. The van der Waals surface area contributed by atoms with Gasteiger partial charge >= 0.3 is 0 Å².